The van der Waals surface area contributed by atoms with E-state index in [4.69, 9.17) is 4.74 Å². The Kier molecular flexibility index (Phi) is 6.49. The van der Waals surface area contributed by atoms with Gasteiger partial charge in [-0.3, -0.25) is 14.1 Å². The van der Waals surface area contributed by atoms with Gasteiger partial charge in [0.05, 0.1) is 28.4 Å². The molecule has 192 valence electrons. The lowest BCUT2D eigenvalue weighted by Gasteiger charge is -2.31. The fraction of sp³-hybridized carbons (Fsp3) is 0.233. The van der Waals surface area contributed by atoms with Crippen molar-refractivity contribution in [3.8, 4) is 5.69 Å². The number of nitrogens with zero attached hydrogens (tertiary/aromatic N) is 4. The van der Waals surface area contributed by atoms with Gasteiger partial charge in [-0.25, -0.2) is 9.59 Å². The minimum absolute atomic E-state index is 0.107. The zero-order valence-electron chi connectivity index (χ0n) is 21.0. The molecule has 1 saturated heterocycles. The van der Waals surface area contributed by atoms with E-state index in [9.17, 15) is 9.59 Å². The van der Waals surface area contributed by atoms with Gasteiger partial charge in [0.25, 0.3) is 0 Å². The summed E-state index contributed by atoms with van der Waals surface area (Å²) >= 11 is 3.56. The van der Waals surface area contributed by atoms with Crippen LogP contribution in [0.2, 0.25) is 0 Å². The Labute approximate surface area is 228 Å². The number of halogens is 1. The fourth-order valence-electron chi connectivity index (χ4n) is 5.31. The van der Waals surface area contributed by atoms with Crippen LogP contribution in [0.3, 0.4) is 0 Å². The maximum Gasteiger partial charge on any atom is 0.410 e. The number of likely N-dealkylation sites (tertiary alicyclic amines) is 1. The third-order valence-corrected chi connectivity index (χ3v) is 7.92. The van der Waals surface area contributed by atoms with Gasteiger partial charge in [-0.1, -0.05) is 58.4 Å². The molecule has 1 aliphatic rings. The van der Waals surface area contributed by atoms with Crippen molar-refractivity contribution >= 4 is 44.0 Å². The maximum atomic E-state index is 13.3. The van der Waals surface area contributed by atoms with Crippen LogP contribution >= 0.6 is 15.9 Å². The predicted molar refractivity (Wildman–Crippen MR) is 152 cm³/mol. The third kappa shape index (κ3) is 4.49. The highest BCUT2D eigenvalue weighted by Crippen LogP contribution is 2.31. The average Bonchev–Trinajstić information content (AvgIpc) is 3.22. The number of benzene rings is 3. The molecular weight excluding hydrogens is 544 g/mol. The minimum atomic E-state index is -0.258. The highest BCUT2D eigenvalue weighted by atomic mass is 79.9. The Morgan fingerprint density at radius 1 is 1.03 bits per heavy atom. The number of rotatable bonds is 4. The Morgan fingerprint density at radius 2 is 1.76 bits per heavy atom. The molecule has 0 aliphatic carbocycles. The number of hydrogen-bond acceptors (Lipinski definition) is 4. The van der Waals surface area contributed by atoms with Gasteiger partial charge in [0, 0.05) is 30.0 Å². The zero-order chi connectivity index (χ0) is 26.2. The molecule has 3 aromatic carbocycles. The SMILES string of the molecule is Cn1c(=O)n(-c2ccc(C3CCN(C(=O)OCc4ccccc4)CC3)cc2)c2c3cc(Br)ccc3ncc21. The first-order valence-electron chi connectivity index (χ1n) is 12.7. The lowest BCUT2D eigenvalue weighted by Crippen LogP contribution is -2.38. The number of aryl methyl sites for hydroxylation is 1. The molecule has 0 unspecified atom stereocenters. The van der Waals surface area contributed by atoms with Crippen molar-refractivity contribution in [3.63, 3.8) is 0 Å². The second-order valence-corrected chi connectivity index (χ2v) is 10.6. The number of hydrogen-bond donors (Lipinski definition) is 0. The molecule has 0 saturated carbocycles. The third-order valence-electron chi connectivity index (χ3n) is 7.43. The Morgan fingerprint density at radius 3 is 2.50 bits per heavy atom. The molecule has 3 heterocycles. The van der Waals surface area contributed by atoms with Gasteiger partial charge in [0.2, 0.25) is 0 Å². The van der Waals surface area contributed by atoms with Gasteiger partial charge in [-0.2, -0.15) is 0 Å². The highest BCUT2D eigenvalue weighted by molar-refractivity contribution is 9.10. The fourth-order valence-corrected chi connectivity index (χ4v) is 5.67. The normalized spacial score (nSPS) is 14.3. The summed E-state index contributed by atoms with van der Waals surface area (Å²) in [6.07, 6.45) is 3.25. The minimum Gasteiger partial charge on any atom is -0.445 e. The molecule has 5 aromatic rings. The molecule has 0 spiro atoms. The Bertz CT molecular complexity index is 1680. The highest BCUT2D eigenvalue weighted by Gasteiger charge is 2.25. The summed E-state index contributed by atoms with van der Waals surface area (Å²) in [6.45, 7) is 1.62. The number of carbonyl (C=O) groups is 1. The summed E-state index contributed by atoms with van der Waals surface area (Å²) in [5.41, 5.74) is 5.38. The summed E-state index contributed by atoms with van der Waals surface area (Å²) in [6, 6.07) is 23.9. The van der Waals surface area contributed by atoms with Crippen molar-refractivity contribution in [3.05, 3.63) is 105 Å². The van der Waals surface area contributed by atoms with Crippen LogP contribution in [-0.2, 0) is 18.4 Å². The van der Waals surface area contributed by atoms with Crippen molar-refractivity contribution < 1.29 is 9.53 Å². The zero-order valence-corrected chi connectivity index (χ0v) is 22.6. The molecule has 0 radical (unpaired) electrons. The topological polar surface area (TPSA) is 69.4 Å². The molecule has 1 amide bonds. The first-order valence-corrected chi connectivity index (χ1v) is 13.5. The summed E-state index contributed by atoms with van der Waals surface area (Å²) in [5.74, 6) is 0.354. The van der Waals surface area contributed by atoms with Gasteiger partial charge in [0.1, 0.15) is 6.61 Å². The van der Waals surface area contributed by atoms with E-state index < -0.39 is 0 Å². The van der Waals surface area contributed by atoms with E-state index in [1.165, 1.54) is 5.56 Å². The quantitative estimate of drug-likeness (QED) is 0.259. The van der Waals surface area contributed by atoms with Gasteiger partial charge < -0.3 is 9.64 Å². The molecule has 0 atom stereocenters. The molecule has 1 fully saturated rings. The summed E-state index contributed by atoms with van der Waals surface area (Å²) in [7, 11) is 1.78. The maximum absolute atomic E-state index is 13.3. The number of fused-ring (bicyclic) bond motifs is 3. The predicted octanol–water partition coefficient (Wildman–Crippen LogP) is 6.16. The van der Waals surface area contributed by atoms with Crippen LogP contribution in [0.1, 0.15) is 29.9 Å². The van der Waals surface area contributed by atoms with Gasteiger partial charge in [-0.05, 0) is 60.2 Å². The monoisotopic (exact) mass is 570 g/mol. The Hall–Kier alpha value is -3.91. The number of piperidine rings is 1. The molecular formula is C30H27BrN4O3. The van der Waals surface area contributed by atoms with Crippen molar-refractivity contribution in [2.75, 3.05) is 13.1 Å². The molecule has 8 heteroatoms. The van der Waals surface area contributed by atoms with Crippen molar-refractivity contribution in [1.82, 2.24) is 19.0 Å². The van der Waals surface area contributed by atoms with E-state index in [1.807, 2.05) is 60.7 Å². The average molecular weight is 571 g/mol. The summed E-state index contributed by atoms with van der Waals surface area (Å²) in [4.78, 5) is 32.2. The Balaban J connectivity index is 1.19. The number of amides is 1. The van der Waals surface area contributed by atoms with Gasteiger partial charge >= 0.3 is 11.8 Å². The van der Waals surface area contributed by atoms with E-state index in [0.717, 1.165) is 50.5 Å². The standard InChI is InChI=1S/C30H27BrN4O3/c1-33-27-18-32-26-12-9-23(31)17-25(26)28(27)35(29(33)36)24-10-7-21(8-11-24)22-13-15-34(16-14-22)30(37)38-19-20-5-3-2-4-6-20/h2-12,17-18,22H,13-16,19H2,1H3. The summed E-state index contributed by atoms with van der Waals surface area (Å²) in [5, 5.41) is 0.921. The number of aromatic nitrogens is 3. The number of pyridine rings is 1. The van der Waals surface area contributed by atoms with Crippen LogP contribution in [0, 0.1) is 0 Å². The molecule has 6 rings (SSSR count). The van der Waals surface area contributed by atoms with E-state index >= 15 is 0 Å². The number of carbonyl (C=O) groups excluding carboxylic acids is 1. The molecule has 1 aliphatic heterocycles. The molecule has 38 heavy (non-hydrogen) atoms. The van der Waals surface area contributed by atoms with Crippen molar-refractivity contribution in [1.29, 1.82) is 0 Å². The second-order valence-electron chi connectivity index (χ2n) is 9.72. The molecule has 0 bridgehead atoms. The number of imidazole rings is 1. The molecule has 7 nitrogen and oxygen atoms in total. The van der Waals surface area contributed by atoms with Crippen LogP contribution in [0.15, 0.2) is 88.3 Å². The smallest absolute Gasteiger partial charge is 0.410 e. The van der Waals surface area contributed by atoms with Crippen LogP contribution in [-0.4, -0.2) is 38.2 Å². The number of ether oxygens (including phenoxy) is 1. The largest absolute Gasteiger partial charge is 0.445 e. The lowest BCUT2D eigenvalue weighted by atomic mass is 9.89. The van der Waals surface area contributed by atoms with Gasteiger partial charge in [-0.15, -0.1) is 0 Å². The summed E-state index contributed by atoms with van der Waals surface area (Å²) < 4.78 is 9.85. The first kappa shape index (κ1) is 24.4. The second kappa shape index (κ2) is 10.1. The van der Waals surface area contributed by atoms with Crippen molar-refractivity contribution in [2.24, 2.45) is 7.05 Å². The van der Waals surface area contributed by atoms with Gasteiger partial charge in [0.15, 0.2) is 0 Å². The molecule has 0 N–H and O–H groups in total. The van der Waals surface area contributed by atoms with Crippen LogP contribution in [0.25, 0.3) is 27.6 Å². The lowest BCUT2D eigenvalue weighted by molar-refractivity contribution is 0.0870. The first-order chi connectivity index (χ1) is 18.5. The van der Waals surface area contributed by atoms with Crippen LogP contribution < -0.4 is 5.69 Å². The van der Waals surface area contributed by atoms with Crippen LogP contribution in [0.5, 0.6) is 0 Å². The molecule has 2 aromatic heterocycles. The van der Waals surface area contributed by atoms with Crippen LogP contribution in [0.4, 0.5) is 4.79 Å². The van der Waals surface area contributed by atoms with E-state index in [1.54, 1.807) is 27.3 Å². The van der Waals surface area contributed by atoms with E-state index in [0.29, 0.717) is 19.0 Å². The van der Waals surface area contributed by atoms with E-state index in [2.05, 4.69) is 33.0 Å². The van der Waals surface area contributed by atoms with E-state index in [-0.39, 0.29) is 18.4 Å². The van der Waals surface area contributed by atoms with Crippen molar-refractivity contribution in [2.45, 2.75) is 25.4 Å².